The van der Waals surface area contributed by atoms with Gasteiger partial charge in [0.05, 0.1) is 5.69 Å². The maximum atomic E-state index is 12.7. The summed E-state index contributed by atoms with van der Waals surface area (Å²) in [6, 6.07) is 16.5. The molecule has 0 atom stereocenters. The Balaban J connectivity index is 1.53. The SMILES string of the molecule is Cc1ccccc1CN1CCC(n2c(-c3ccc(Cl)cc3)c(C)[nH]c2=O)CC1. The summed E-state index contributed by atoms with van der Waals surface area (Å²) in [5.74, 6) is 0. The summed E-state index contributed by atoms with van der Waals surface area (Å²) in [5, 5.41) is 0.704. The van der Waals surface area contributed by atoms with Gasteiger partial charge in [0.2, 0.25) is 0 Å². The number of nitrogens with zero attached hydrogens (tertiary/aromatic N) is 2. The van der Waals surface area contributed by atoms with Crippen LogP contribution in [-0.4, -0.2) is 27.5 Å². The van der Waals surface area contributed by atoms with Crippen molar-refractivity contribution in [3.63, 3.8) is 0 Å². The number of aromatic amines is 1. The maximum absolute atomic E-state index is 12.7. The molecule has 0 unspecified atom stereocenters. The molecule has 1 aliphatic rings. The van der Waals surface area contributed by atoms with Crippen LogP contribution in [0.5, 0.6) is 0 Å². The summed E-state index contributed by atoms with van der Waals surface area (Å²) in [7, 11) is 0. The van der Waals surface area contributed by atoms with E-state index >= 15 is 0 Å². The molecule has 2 aromatic carbocycles. The second kappa shape index (κ2) is 7.98. The lowest BCUT2D eigenvalue weighted by Crippen LogP contribution is -2.37. The minimum atomic E-state index is -0.0141. The zero-order chi connectivity index (χ0) is 19.7. The zero-order valence-corrected chi connectivity index (χ0v) is 17.2. The molecule has 0 radical (unpaired) electrons. The van der Waals surface area contributed by atoms with Crippen LogP contribution in [0.15, 0.2) is 53.3 Å². The fourth-order valence-corrected chi connectivity index (χ4v) is 4.36. The average Bonchev–Trinajstić information content (AvgIpc) is 2.99. The number of benzene rings is 2. The number of aromatic nitrogens is 2. The Kier molecular flexibility index (Phi) is 5.42. The summed E-state index contributed by atoms with van der Waals surface area (Å²) in [6.45, 7) is 7.10. The first-order valence-electron chi connectivity index (χ1n) is 9.87. The fraction of sp³-hybridized carbons (Fsp3) is 0.348. The predicted molar refractivity (Wildman–Crippen MR) is 115 cm³/mol. The molecule has 2 heterocycles. The van der Waals surface area contributed by atoms with E-state index in [2.05, 4.69) is 41.1 Å². The van der Waals surface area contributed by atoms with Gasteiger partial charge in [-0.3, -0.25) is 9.47 Å². The van der Waals surface area contributed by atoms with Crippen molar-refractivity contribution in [1.29, 1.82) is 0 Å². The number of likely N-dealkylation sites (tertiary alicyclic amines) is 1. The lowest BCUT2D eigenvalue weighted by atomic mass is 10.0. The predicted octanol–water partition coefficient (Wildman–Crippen LogP) is 4.95. The van der Waals surface area contributed by atoms with E-state index in [1.807, 2.05) is 35.8 Å². The number of aryl methyl sites for hydroxylation is 2. The van der Waals surface area contributed by atoms with Crippen molar-refractivity contribution in [2.75, 3.05) is 13.1 Å². The van der Waals surface area contributed by atoms with E-state index in [-0.39, 0.29) is 11.7 Å². The standard InChI is InChI=1S/C23H26ClN3O/c1-16-5-3-4-6-19(16)15-26-13-11-21(12-14-26)27-22(17(2)25-23(27)28)18-7-9-20(24)10-8-18/h3-10,21H,11-15H2,1-2H3,(H,25,28). The molecule has 5 heteroatoms. The fourth-order valence-electron chi connectivity index (χ4n) is 4.24. The smallest absolute Gasteiger partial charge is 0.309 e. The van der Waals surface area contributed by atoms with E-state index in [0.717, 1.165) is 49.4 Å². The second-order valence-corrected chi connectivity index (χ2v) is 8.15. The van der Waals surface area contributed by atoms with Crippen LogP contribution < -0.4 is 5.69 Å². The van der Waals surface area contributed by atoms with E-state index < -0.39 is 0 Å². The summed E-state index contributed by atoms with van der Waals surface area (Å²) in [6.07, 6.45) is 1.95. The summed E-state index contributed by atoms with van der Waals surface area (Å²) in [5.41, 5.74) is 5.64. The first kappa shape index (κ1) is 19.0. The van der Waals surface area contributed by atoms with Gasteiger partial charge in [-0.1, -0.05) is 48.0 Å². The number of nitrogens with one attached hydrogen (secondary N) is 1. The van der Waals surface area contributed by atoms with Gasteiger partial charge in [0.1, 0.15) is 0 Å². The summed E-state index contributed by atoms with van der Waals surface area (Å²) < 4.78 is 1.96. The molecule has 1 aliphatic heterocycles. The van der Waals surface area contributed by atoms with Crippen molar-refractivity contribution in [1.82, 2.24) is 14.5 Å². The van der Waals surface area contributed by atoms with E-state index in [0.29, 0.717) is 5.02 Å². The minimum absolute atomic E-state index is 0.0141. The number of piperidine rings is 1. The highest BCUT2D eigenvalue weighted by Crippen LogP contribution is 2.30. The molecule has 1 saturated heterocycles. The first-order chi connectivity index (χ1) is 13.5. The van der Waals surface area contributed by atoms with E-state index in [9.17, 15) is 4.79 Å². The van der Waals surface area contributed by atoms with Crippen molar-refractivity contribution in [2.45, 2.75) is 39.3 Å². The van der Waals surface area contributed by atoms with E-state index in [4.69, 9.17) is 11.6 Å². The monoisotopic (exact) mass is 395 g/mol. The Hall–Kier alpha value is -2.30. The second-order valence-electron chi connectivity index (χ2n) is 7.71. The molecule has 1 aromatic heterocycles. The van der Waals surface area contributed by atoms with Gasteiger partial charge in [0.15, 0.2) is 0 Å². The third kappa shape index (κ3) is 3.80. The van der Waals surface area contributed by atoms with Gasteiger partial charge in [-0.15, -0.1) is 0 Å². The number of imidazole rings is 1. The van der Waals surface area contributed by atoms with Crippen LogP contribution >= 0.6 is 11.6 Å². The number of rotatable bonds is 4. The molecule has 4 nitrogen and oxygen atoms in total. The van der Waals surface area contributed by atoms with Crippen LogP contribution in [-0.2, 0) is 6.54 Å². The van der Waals surface area contributed by atoms with Crippen LogP contribution in [0.4, 0.5) is 0 Å². The van der Waals surface area contributed by atoms with Gasteiger partial charge < -0.3 is 4.98 Å². The lowest BCUT2D eigenvalue weighted by Gasteiger charge is -2.33. The molecule has 3 aromatic rings. The lowest BCUT2D eigenvalue weighted by molar-refractivity contribution is 0.178. The van der Waals surface area contributed by atoms with Crippen LogP contribution in [0.2, 0.25) is 5.02 Å². The zero-order valence-electron chi connectivity index (χ0n) is 16.4. The Bertz CT molecular complexity index is 1010. The van der Waals surface area contributed by atoms with Crippen molar-refractivity contribution < 1.29 is 0 Å². The van der Waals surface area contributed by atoms with Crippen molar-refractivity contribution >= 4 is 11.6 Å². The van der Waals surface area contributed by atoms with Crippen LogP contribution in [0.1, 0.15) is 35.7 Å². The third-order valence-electron chi connectivity index (χ3n) is 5.80. The molecule has 1 fully saturated rings. The average molecular weight is 396 g/mol. The molecule has 0 aliphatic carbocycles. The molecule has 0 amide bonds. The van der Waals surface area contributed by atoms with E-state index in [1.165, 1.54) is 11.1 Å². The molecule has 0 spiro atoms. The Morgan fingerprint density at radius 3 is 2.39 bits per heavy atom. The van der Waals surface area contributed by atoms with Crippen LogP contribution in [0.25, 0.3) is 11.3 Å². The minimum Gasteiger partial charge on any atom is -0.309 e. The number of hydrogen-bond acceptors (Lipinski definition) is 2. The highest BCUT2D eigenvalue weighted by atomic mass is 35.5. The van der Waals surface area contributed by atoms with Crippen LogP contribution in [0, 0.1) is 13.8 Å². The van der Waals surface area contributed by atoms with Gasteiger partial charge in [-0.2, -0.15) is 0 Å². The Labute approximate surface area is 170 Å². The quantitative estimate of drug-likeness (QED) is 0.678. The molecule has 0 bridgehead atoms. The molecule has 28 heavy (non-hydrogen) atoms. The van der Waals surface area contributed by atoms with Gasteiger partial charge in [-0.25, -0.2) is 4.79 Å². The summed E-state index contributed by atoms with van der Waals surface area (Å²) in [4.78, 5) is 18.2. The van der Waals surface area contributed by atoms with Crippen molar-refractivity contribution in [3.05, 3.63) is 80.9 Å². The highest BCUT2D eigenvalue weighted by molar-refractivity contribution is 6.30. The molecule has 1 N–H and O–H groups in total. The van der Waals surface area contributed by atoms with Gasteiger partial charge in [0, 0.05) is 42.0 Å². The number of hydrogen-bond donors (Lipinski definition) is 1. The van der Waals surface area contributed by atoms with Crippen molar-refractivity contribution in [2.24, 2.45) is 0 Å². The summed E-state index contributed by atoms with van der Waals surface area (Å²) >= 11 is 6.04. The Morgan fingerprint density at radius 1 is 1.04 bits per heavy atom. The number of H-pyrrole nitrogens is 1. The normalized spacial score (nSPS) is 15.8. The largest absolute Gasteiger partial charge is 0.326 e. The molecule has 146 valence electrons. The van der Waals surface area contributed by atoms with Gasteiger partial charge >= 0.3 is 5.69 Å². The molecule has 4 rings (SSSR count). The highest BCUT2D eigenvalue weighted by Gasteiger charge is 2.25. The number of halogens is 1. The Morgan fingerprint density at radius 2 is 1.71 bits per heavy atom. The molecule has 0 saturated carbocycles. The van der Waals surface area contributed by atoms with E-state index in [1.54, 1.807) is 0 Å². The first-order valence-corrected chi connectivity index (χ1v) is 10.2. The van der Waals surface area contributed by atoms with Gasteiger partial charge in [-0.05, 0) is 49.9 Å². The van der Waals surface area contributed by atoms with Crippen molar-refractivity contribution in [3.8, 4) is 11.3 Å². The molecular weight excluding hydrogens is 370 g/mol. The maximum Gasteiger partial charge on any atom is 0.326 e. The van der Waals surface area contributed by atoms with Crippen LogP contribution in [0.3, 0.4) is 0 Å². The van der Waals surface area contributed by atoms with Gasteiger partial charge in [0.25, 0.3) is 0 Å². The topological polar surface area (TPSA) is 41.0 Å². The molecular formula is C23H26ClN3O. The third-order valence-corrected chi connectivity index (χ3v) is 6.06.